The summed E-state index contributed by atoms with van der Waals surface area (Å²) < 4.78 is 1.62. The minimum Gasteiger partial charge on any atom is -0.322 e. The standard InChI is InChI=1S/C23H23ClN6O2/c24-15-9-11-16(12-10-15)25-23(32)27-20-13-19(14-5-2-1-3-6-14)29-30(20)22-26-18-8-4-7-17(18)21(31)28-22/h1-3,5-6,9-13,17-18,22,26H,4,7-8H2,(H,28,31)(H2,25,27,32). The highest BCUT2D eigenvalue weighted by Crippen LogP contribution is 2.32. The molecule has 0 spiro atoms. The van der Waals surface area contributed by atoms with Crippen molar-refractivity contribution in [3.05, 3.63) is 65.7 Å². The van der Waals surface area contributed by atoms with Crippen LogP contribution in [0.5, 0.6) is 0 Å². The van der Waals surface area contributed by atoms with Gasteiger partial charge in [0.25, 0.3) is 0 Å². The predicted octanol–water partition coefficient (Wildman–Crippen LogP) is 4.19. The van der Waals surface area contributed by atoms with Crippen molar-refractivity contribution in [2.75, 3.05) is 10.6 Å². The molecule has 1 saturated heterocycles. The average Bonchev–Trinajstić information content (AvgIpc) is 3.43. The summed E-state index contributed by atoms with van der Waals surface area (Å²) in [5.74, 6) is 0.467. The van der Waals surface area contributed by atoms with E-state index >= 15 is 0 Å². The Labute approximate surface area is 190 Å². The number of hydrogen-bond acceptors (Lipinski definition) is 4. The molecule has 164 valence electrons. The number of nitrogens with one attached hydrogen (secondary N) is 4. The highest BCUT2D eigenvalue weighted by atomic mass is 35.5. The summed E-state index contributed by atoms with van der Waals surface area (Å²) in [4.78, 5) is 25.3. The number of fused-ring (bicyclic) bond motifs is 1. The van der Waals surface area contributed by atoms with E-state index in [0.29, 0.717) is 22.2 Å². The summed E-state index contributed by atoms with van der Waals surface area (Å²) in [6.45, 7) is 0. The van der Waals surface area contributed by atoms with Crippen LogP contribution in [0.15, 0.2) is 60.7 Å². The van der Waals surface area contributed by atoms with Gasteiger partial charge in [0.15, 0.2) is 6.29 Å². The van der Waals surface area contributed by atoms with E-state index in [2.05, 4.69) is 21.3 Å². The average molecular weight is 451 g/mol. The molecule has 3 atom stereocenters. The first-order valence-corrected chi connectivity index (χ1v) is 11.0. The van der Waals surface area contributed by atoms with Crippen LogP contribution in [-0.2, 0) is 4.79 Å². The fourth-order valence-corrected chi connectivity index (χ4v) is 4.46. The molecule has 5 rings (SSSR count). The number of carbonyl (C=O) groups is 2. The number of rotatable bonds is 4. The van der Waals surface area contributed by atoms with Gasteiger partial charge in [-0.1, -0.05) is 48.4 Å². The first-order chi connectivity index (χ1) is 15.6. The molecule has 32 heavy (non-hydrogen) atoms. The van der Waals surface area contributed by atoms with Gasteiger partial charge in [-0.2, -0.15) is 5.10 Å². The lowest BCUT2D eigenvalue weighted by atomic mass is 10.0. The van der Waals surface area contributed by atoms with Crippen LogP contribution >= 0.6 is 11.6 Å². The molecule has 0 radical (unpaired) electrons. The molecule has 3 aromatic rings. The number of urea groups is 1. The van der Waals surface area contributed by atoms with Crippen molar-refractivity contribution in [3.63, 3.8) is 0 Å². The highest BCUT2D eigenvalue weighted by Gasteiger charge is 2.40. The smallest absolute Gasteiger partial charge is 0.322 e. The van der Waals surface area contributed by atoms with Gasteiger partial charge in [0, 0.05) is 28.4 Å². The van der Waals surface area contributed by atoms with Crippen LogP contribution in [0.2, 0.25) is 5.02 Å². The van der Waals surface area contributed by atoms with Crippen LogP contribution in [0.1, 0.15) is 25.6 Å². The SMILES string of the molecule is O=C(Nc1ccc(Cl)cc1)Nc1cc(-c2ccccc2)nn1C1NC(=O)C2CCCC2N1. The lowest BCUT2D eigenvalue weighted by molar-refractivity contribution is -0.130. The molecular formula is C23H23ClN6O2. The first kappa shape index (κ1) is 20.5. The van der Waals surface area contributed by atoms with Crippen LogP contribution in [0, 0.1) is 5.92 Å². The molecule has 2 fully saturated rings. The van der Waals surface area contributed by atoms with Gasteiger partial charge in [0.05, 0.1) is 11.6 Å². The Morgan fingerprint density at radius 1 is 1.06 bits per heavy atom. The normalized spacial score (nSPS) is 22.2. The summed E-state index contributed by atoms with van der Waals surface area (Å²) in [6, 6.07) is 18.0. The monoisotopic (exact) mass is 450 g/mol. The third-order valence-corrected chi connectivity index (χ3v) is 6.15. The molecular weight excluding hydrogens is 428 g/mol. The maximum Gasteiger partial charge on any atom is 0.324 e. The van der Waals surface area contributed by atoms with Crippen molar-refractivity contribution in [2.45, 2.75) is 31.6 Å². The molecule has 8 nitrogen and oxygen atoms in total. The van der Waals surface area contributed by atoms with Crippen molar-refractivity contribution in [1.29, 1.82) is 0 Å². The molecule has 2 heterocycles. The minimum atomic E-state index is -0.551. The van der Waals surface area contributed by atoms with Crippen molar-refractivity contribution in [2.24, 2.45) is 5.92 Å². The third kappa shape index (κ3) is 4.19. The Bertz CT molecular complexity index is 1130. The molecule has 1 aromatic heterocycles. The molecule has 1 aliphatic carbocycles. The van der Waals surface area contributed by atoms with E-state index in [0.717, 1.165) is 24.8 Å². The number of benzene rings is 2. The molecule has 9 heteroatoms. The van der Waals surface area contributed by atoms with Crippen molar-refractivity contribution < 1.29 is 9.59 Å². The van der Waals surface area contributed by atoms with Gasteiger partial charge < -0.3 is 10.6 Å². The van der Waals surface area contributed by atoms with E-state index in [1.54, 1.807) is 35.0 Å². The zero-order valence-corrected chi connectivity index (χ0v) is 18.0. The Hall–Kier alpha value is -3.36. The number of hydrogen-bond donors (Lipinski definition) is 4. The number of anilines is 2. The zero-order chi connectivity index (χ0) is 22.1. The van der Waals surface area contributed by atoms with Crippen LogP contribution in [0.25, 0.3) is 11.3 Å². The first-order valence-electron chi connectivity index (χ1n) is 10.6. The maximum atomic E-state index is 12.7. The summed E-state index contributed by atoms with van der Waals surface area (Å²) >= 11 is 5.91. The molecule has 2 aliphatic rings. The van der Waals surface area contributed by atoms with Crippen molar-refractivity contribution >= 4 is 35.0 Å². The van der Waals surface area contributed by atoms with Crippen LogP contribution in [0.3, 0.4) is 0 Å². The van der Waals surface area contributed by atoms with Gasteiger partial charge in [-0.3, -0.25) is 15.4 Å². The van der Waals surface area contributed by atoms with E-state index in [1.165, 1.54) is 0 Å². The molecule has 1 saturated carbocycles. The second kappa shape index (κ2) is 8.64. The Kier molecular flexibility index (Phi) is 5.55. The van der Waals surface area contributed by atoms with Crippen LogP contribution < -0.4 is 21.3 Å². The topological polar surface area (TPSA) is 100 Å². The zero-order valence-electron chi connectivity index (χ0n) is 17.2. The van der Waals surface area contributed by atoms with Crippen molar-refractivity contribution in [1.82, 2.24) is 20.4 Å². The summed E-state index contributed by atoms with van der Waals surface area (Å²) in [5.41, 5.74) is 2.21. The van der Waals surface area contributed by atoms with Gasteiger partial charge in [-0.15, -0.1) is 0 Å². The van der Waals surface area contributed by atoms with Gasteiger partial charge in [-0.25, -0.2) is 9.48 Å². The summed E-state index contributed by atoms with van der Waals surface area (Å²) in [7, 11) is 0. The fraction of sp³-hybridized carbons (Fsp3) is 0.261. The van der Waals surface area contributed by atoms with E-state index in [1.807, 2.05) is 30.3 Å². The number of halogens is 1. The van der Waals surface area contributed by atoms with Crippen LogP contribution in [0.4, 0.5) is 16.3 Å². The minimum absolute atomic E-state index is 0.0139. The largest absolute Gasteiger partial charge is 0.324 e. The number of carbonyl (C=O) groups excluding carboxylic acids is 2. The Balaban J connectivity index is 1.42. The molecule has 4 N–H and O–H groups in total. The molecule has 3 unspecified atom stereocenters. The van der Waals surface area contributed by atoms with E-state index < -0.39 is 12.3 Å². The number of nitrogens with zero attached hydrogens (tertiary/aromatic N) is 2. The Morgan fingerprint density at radius 3 is 2.62 bits per heavy atom. The number of amides is 3. The second-order valence-corrected chi connectivity index (χ2v) is 8.47. The van der Waals surface area contributed by atoms with E-state index in [4.69, 9.17) is 16.7 Å². The van der Waals surface area contributed by atoms with Crippen molar-refractivity contribution in [3.8, 4) is 11.3 Å². The van der Waals surface area contributed by atoms with Gasteiger partial charge in [0.2, 0.25) is 5.91 Å². The molecule has 0 bridgehead atoms. The quantitative estimate of drug-likeness (QED) is 0.478. The van der Waals surface area contributed by atoms with E-state index in [-0.39, 0.29) is 17.9 Å². The van der Waals surface area contributed by atoms with Gasteiger partial charge in [0.1, 0.15) is 5.82 Å². The van der Waals surface area contributed by atoms with E-state index in [9.17, 15) is 9.59 Å². The fourth-order valence-electron chi connectivity index (χ4n) is 4.34. The molecule has 1 aliphatic heterocycles. The summed E-state index contributed by atoms with van der Waals surface area (Å²) in [6.07, 6.45) is 2.30. The lowest BCUT2D eigenvalue weighted by Gasteiger charge is -2.34. The second-order valence-electron chi connectivity index (χ2n) is 8.03. The van der Waals surface area contributed by atoms with Gasteiger partial charge >= 0.3 is 6.03 Å². The highest BCUT2D eigenvalue weighted by molar-refractivity contribution is 6.30. The Morgan fingerprint density at radius 2 is 1.84 bits per heavy atom. The van der Waals surface area contributed by atoms with Gasteiger partial charge in [-0.05, 0) is 37.1 Å². The molecule has 3 amide bonds. The predicted molar refractivity (Wildman–Crippen MR) is 123 cm³/mol. The third-order valence-electron chi connectivity index (χ3n) is 5.90. The van der Waals surface area contributed by atoms with Crippen LogP contribution in [-0.4, -0.2) is 27.8 Å². The number of aromatic nitrogens is 2. The summed E-state index contributed by atoms with van der Waals surface area (Å²) in [5, 5.41) is 17.4. The maximum absolute atomic E-state index is 12.7. The molecule has 2 aromatic carbocycles. The lowest BCUT2D eigenvalue weighted by Crippen LogP contribution is -2.57.